The number of hydrogen-bond donors (Lipinski definition) is 0. The quantitative estimate of drug-likeness (QED) is 0.331. The van der Waals surface area contributed by atoms with E-state index in [4.69, 9.17) is 23.4 Å². The second-order valence-corrected chi connectivity index (χ2v) is 7.65. The van der Waals surface area contributed by atoms with Gasteiger partial charge in [-0.2, -0.15) is 5.10 Å². The van der Waals surface area contributed by atoms with Crippen LogP contribution < -0.4 is 14.2 Å². The number of aromatic nitrogens is 4. The van der Waals surface area contributed by atoms with E-state index in [1.54, 1.807) is 12.1 Å². The zero-order chi connectivity index (χ0) is 24.9. The normalized spacial score (nSPS) is 10.8. The maximum Gasteiger partial charge on any atom is 0.310 e. The number of para-hydroxylation sites is 1. The fraction of sp³-hybridized carbons (Fsp3) is 0.280. The van der Waals surface area contributed by atoms with Crippen molar-refractivity contribution in [3.8, 4) is 34.4 Å². The second-order valence-electron chi connectivity index (χ2n) is 7.65. The Morgan fingerprint density at radius 1 is 0.971 bits per heavy atom. The Balaban J connectivity index is 1.44. The Hall–Kier alpha value is -4.34. The van der Waals surface area contributed by atoms with E-state index in [-0.39, 0.29) is 24.8 Å². The smallest absolute Gasteiger partial charge is 0.310 e. The lowest BCUT2D eigenvalue weighted by Crippen LogP contribution is -2.09. The van der Waals surface area contributed by atoms with Crippen LogP contribution in [0.4, 0.5) is 0 Å². The fourth-order valence-electron chi connectivity index (χ4n) is 3.72. The average molecular weight is 479 g/mol. The first-order valence-corrected chi connectivity index (χ1v) is 10.8. The van der Waals surface area contributed by atoms with Crippen molar-refractivity contribution >= 4 is 5.97 Å². The summed E-state index contributed by atoms with van der Waals surface area (Å²) in [5, 5.41) is 12.6. The van der Waals surface area contributed by atoms with Crippen molar-refractivity contribution in [3.05, 3.63) is 65.3 Å². The zero-order valence-electron chi connectivity index (χ0n) is 20.2. The lowest BCUT2D eigenvalue weighted by Gasteiger charge is -2.12. The van der Waals surface area contributed by atoms with Gasteiger partial charge >= 0.3 is 5.97 Å². The molecule has 0 spiro atoms. The van der Waals surface area contributed by atoms with E-state index in [1.807, 2.05) is 48.9 Å². The Morgan fingerprint density at radius 3 is 2.29 bits per heavy atom. The van der Waals surface area contributed by atoms with E-state index in [0.29, 0.717) is 22.8 Å². The molecule has 0 aliphatic heterocycles. The molecule has 10 heteroatoms. The predicted octanol–water partition coefficient (Wildman–Crippen LogP) is 3.85. The van der Waals surface area contributed by atoms with Gasteiger partial charge in [0.25, 0.3) is 5.89 Å². The van der Waals surface area contributed by atoms with E-state index in [0.717, 1.165) is 22.6 Å². The lowest BCUT2D eigenvalue weighted by atomic mass is 10.1. The van der Waals surface area contributed by atoms with Crippen LogP contribution in [0.15, 0.2) is 46.9 Å². The fourth-order valence-corrected chi connectivity index (χ4v) is 3.72. The van der Waals surface area contributed by atoms with Gasteiger partial charge in [0.2, 0.25) is 11.6 Å². The van der Waals surface area contributed by atoms with Crippen LogP contribution in [0, 0.1) is 13.8 Å². The average Bonchev–Trinajstić information content (AvgIpc) is 3.47. The third-order valence-corrected chi connectivity index (χ3v) is 5.50. The molecule has 0 amide bonds. The van der Waals surface area contributed by atoms with Gasteiger partial charge in [0.15, 0.2) is 18.1 Å². The van der Waals surface area contributed by atoms with Gasteiger partial charge in [-0.3, -0.25) is 4.79 Å². The maximum absolute atomic E-state index is 12.6. The van der Waals surface area contributed by atoms with Gasteiger partial charge in [-0.15, -0.1) is 10.2 Å². The van der Waals surface area contributed by atoms with Crippen LogP contribution >= 0.6 is 0 Å². The molecule has 2 heterocycles. The summed E-state index contributed by atoms with van der Waals surface area (Å²) in [6.45, 7) is 3.65. The maximum atomic E-state index is 12.6. The zero-order valence-corrected chi connectivity index (χ0v) is 20.2. The molecule has 2 aromatic carbocycles. The van der Waals surface area contributed by atoms with Crippen molar-refractivity contribution in [1.29, 1.82) is 0 Å². The molecule has 35 heavy (non-hydrogen) atoms. The number of benzene rings is 2. The summed E-state index contributed by atoms with van der Waals surface area (Å²) in [4.78, 5) is 12.6. The summed E-state index contributed by atoms with van der Waals surface area (Å²) in [5.41, 5.74) is 3.98. The molecule has 10 nitrogen and oxygen atoms in total. The first-order chi connectivity index (χ1) is 16.9. The topological polar surface area (TPSA) is 111 Å². The van der Waals surface area contributed by atoms with Gasteiger partial charge in [-0.1, -0.05) is 18.2 Å². The molecule has 4 aromatic rings. The van der Waals surface area contributed by atoms with E-state index in [9.17, 15) is 4.79 Å². The molecule has 2 aromatic heterocycles. The predicted molar refractivity (Wildman–Crippen MR) is 126 cm³/mol. The number of esters is 1. The number of hydrogen-bond acceptors (Lipinski definition) is 9. The van der Waals surface area contributed by atoms with E-state index in [2.05, 4.69) is 15.3 Å². The molecular weight excluding hydrogens is 452 g/mol. The lowest BCUT2D eigenvalue weighted by molar-refractivity contribution is -0.144. The van der Waals surface area contributed by atoms with Gasteiger partial charge in [-0.25, -0.2) is 4.68 Å². The number of nitrogens with zero attached hydrogens (tertiary/aromatic N) is 4. The third kappa shape index (κ3) is 4.96. The van der Waals surface area contributed by atoms with Crippen molar-refractivity contribution in [2.45, 2.75) is 26.9 Å². The Kier molecular flexibility index (Phi) is 7.00. The van der Waals surface area contributed by atoms with Gasteiger partial charge in [0.05, 0.1) is 39.1 Å². The largest absolute Gasteiger partial charge is 0.493 e. The minimum Gasteiger partial charge on any atom is -0.493 e. The third-order valence-electron chi connectivity index (χ3n) is 5.50. The molecule has 0 atom stereocenters. The molecule has 0 N–H and O–H groups in total. The van der Waals surface area contributed by atoms with Gasteiger partial charge in [0.1, 0.15) is 0 Å². The SMILES string of the molecule is COc1cc(-c2nnc(COC(=O)Cc3c(C)nn(-c4ccccc4)c3C)o2)cc(OC)c1OC. The van der Waals surface area contributed by atoms with Gasteiger partial charge in [-0.05, 0) is 38.1 Å². The highest BCUT2D eigenvalue weighted by atomic mass is 16.5. The van der Waals surface area contributed by atoms with Crippen LogP contribution in [0.1, 0.15) is 22.8 Å². The summed E-state index contributed by atoms with van der Waals surface area (Å²) >= 11 is 0. The van der Waals surface area contributed by atoms with Crippen molar-refractivity contribution in [2.24, 2.45) is 0 Å². The monoisotopic (exact) mass is 478 g/mol. The molecule has 0 fully saturated rings. The number of methoxy groups -OCH3 is 3. The molecule has 0 saturated carbocycles. The number of carbonyl (C=O) groups excluding carboxylic acids is 1. The van der Waals surface area contributed by atoms with Crippen LogP contribution in [-0.2, 0) is 22.6 Å². The molecule has 0 bridgehead atoms. The summed E-state index contributed by atoms with van der Waals surface area (Å²) in [5.74, 6) is 1.33. The summed E-state index contributed by atoms with van der Waals surface area (Å²) in [6.07, 6.45) is 0.0817. The molecule has 0 unspecified atom stereocenters. The highest BCUT2D eigenvalue weighted by Crippen LogP contribution is 2.40. The van der Waals surface area contributed by atoms with Gasteiger partial charge < -0.3 is 23.4 Å². The highest BCUT2D eigenvalue weighted by molar-refractivity contribution is 5.73. The van der Waals surface area contributed by atoms with Crippen LogP contribution in [0.2, 0.25) is 0 Å². The first-order valence-electron chi connectivity index (χ1n) is 10.8. The number of ether oxygens (including phenoxy) is 4. The minimum atomic E-state index is -0.420. The van der Waals surface area contributed by atoms with E-state index < -0.39 is 5.97 Å². The summed E-state index contributed by atoms with van der Waals surface area (Å²) in [7, 11) is 4.56. The summed E-state index contributed by atoms with van der Waals surface area (Å²) < 4.78 is 28.9. The molecule has 4 rings (SSSR count). The van der Waals surface area contributed by atoms with Gasteiger partial charge in [0, 0.05) is 16.8 Å². The van der Waals surface area contributed by atoms with Crippen molar-refractivity contribution < 1.29 is 28.2 Å². The van der Waals surface area contributed by atoms with Crippen molar-refractivity contribution in [1.82, 2.24) is 20.0 Å². The number of rotatable bonds is 9. The number of aryl methyl sites for hydroxylation is 1. The molecule has 182 valence electrons. The van der Waals surface area contributed by atoms with Crippen LogP contribution in [0.25, 0.3) is 17.1 Å². The summed E-state index contributed by atoms with van der Waals surface area (Å²) in [6, 6.07) is 13.1. The Morgan fingerprint density at radius 2 is 1.66 bits per heavy atom. The van der Waals surface area contributed by atoms with E-state index >= 15 is 0 Å². The Bertz CT molecular complexity index is 1300. The van der Waals surface area contributed by atoms with Crippen LogP contribution in [0.3, 0.4) is 0 Å². The molecule has 0 aliphatic rings. The Labute approximate surface area is 202 Å². The minimum absolute atomic E-state index is 0.0817. The molecule has 0 saturated heterocycles. The standard InChI is InChI=1S/C25H26N4O6/c1-15-19(16(2)29(28-15)18-9-7-6-8-10-18)13-23(30)34-14-22-26-27-25(35-22)17-11-20(31-3)24(33-5)21(12-17)32-4/h6-12H,13-14H2,1-5H3. The van der Waals surface area contributed by atoms with Crippen molar-refractivity contribution in [2.75, 3.05) is 21.3 Å². The number of carbonyl (C=O) groups is 1. The second kappa shape index (κ2) is 10.3. The van der Waals surface area contributed by atoms with Crippen molar-refractivity contribution in [3.63, 3.8) is 0 Å². The van der Waals surface area contributed by atoms with Crippen LogP contribution in [-0.4, -0.2) is 47.3 Å². The molecule has 0 aliphatic carbocycles. The van der Waals surface area contributed by atoms with E-state index in [1.165, 1.54) is 21.3 Å². The first kappa shape index (κ1) is 23.8. The van der Waals surface area contributed by atoms with Crippen LogP contribution in [0.5, 0.6) is 17.2 Å². The molecular formula is C25H26N4O6. The molecule has 0 radical (unpaired) electrons. The highest BCUT2D eigenvalue weighted by Gasteiger charge is 2.20.